The number of aromatic nitrogens is 3. The standard InChI is InChI=1S/C33H21Br2N3/c34-29-19-28(21-36-32(29)35)24-13-11-22(12-14-24)23-15-17-26(18-16-23)31-20-30(25-7-3-1-4-8-25)37-33(38-31)27-9-5-2-6-10-27/h1-21H. The fraction of sp³-hybridized carbons (Fsp3) is 0. The molecular formula is C33H21Br2N3. The van der Waals surface area contributed by atoms with Crippen LogP contribution in [0.3, 0.4) is 0 Å². The van der Waals surface area contributed by atoms with Crippen LogP contribution in [-0.4, -0.2) is 15.0 Å². The lowest BCUT2D eigenvalue weighted by atomic mass is 9.99. The van der Waals surface area contributed by atoms with Crippen molar-refractivity contribution in [2.24, 2.45) is 0 Å². The van der Waals surface area contributed by atoms with Crippen LogP contribution in [0.15, 0.2) is 137 Å². The van der Waals surface area contributed by atoms with Gasteiger partial charge >= 0.3 is 0 Å². The van der Waals surface area contributed by atoms with Crippen molar-refractivity contribution in [3.8, 4) is 56.2 Å². The molecule has 3 nitrogen and oxygen atoms in total. The number of pyridine rings is 1. The number of hydrogen-bond donors (Lipinski definition) is 0. The average Bonchev–Trinajstić information content (AvgIpc) is 2.99. The van der Waals surface area contributed by atoms with Gasteiger partial charge in [0.15, 0.2) is 5.82 Å². The van der Waals surface area contributed by atoms with Crippen LogP contribution < -0.4 is 0 Å². The van der Waals surface area contributed by atoms with Gasteiger partial charge in [-0.15, -0.1) is 0 Å². The molecule has 6 rings (SSSR count). The van der Waals surface area contributed by atoms with E-state index in [0.29, 0.717) is 0 Å². The Morgan fingerprint density at radius 2 is 0.868 bits per heavy atom. The summed E-state index contributed by atoms with van der Waals surface area (Å²) >= 11 is 6.97. The van der Waals surface area contributed by atoms with Crippen molar-refractivity contribution in [2.45, 2.75) is 0 Å². The maximum absolute atomic E-state index is 4.94. The minimum absolute atomic E-state index is 0.718. The lowest BCUT2D eigenvalue weighted by Gasteiger charge is -2.10. The molecule has 0 amide bonds. The van der Waals surface area contributed by atoms with Crippen LogP contribution in [0.2, 0.25) is 0 Å². The highest BCUT2D eigenvalue weighted by atomic mass is 79.9. The molecule has 0 N–H and O–H groups in total. The van der Waals surface area contributed by atoms with Crippen LogP contribution in [0.4, 0.5) is 0 Å². The highest BCUT2D eigenvalue weighted by Gasteiger charge is 2.11. The van der Waals surface area contributed by atoms with Crippen molar-refractivity contribution in [1.82, 2.24) is 15.0 Å². The van der Waals surface area contributed by atoms with Gasteiger partial charge in [0, 0.05) is 28.5 Å². The van der Waals surface area contributed by atoms with E-state index in [1.165, 1.54) is 0 Å². The number of benzene rings is 4. The first kappa shape index (κ1) is 24.4. The van der Waals surface area contributed by atoms with E-state index in [1.807, 2.05) is 54.7 Å². The molecule has 0 atom stereocenters. The van der Waals surface area contributed by atoms with Gasteiger partial charge < -0.3 is 0 Å². The SMILES string of the molecule is Brc1cc(-c2ccc(-c3ccc(-c4cc(-c5ccccc5)nc(-c5ccccc5)n4)cc3)cc2)cnc1Br. The molecule has 4 aromatic carbocycles. The third kappa shape index (κ3) is 5.21. The van der Waals surface area contributed by atoms with Crippen molar-refractivity contribution < 1.29 is 0 Å². The monoisotopic (exact) mass is 617 g/mol. The van der Waals surface area contributed by atoms with E-state index >= 15 is 0 Å². The molecule has 0 aliphatic rings. The first-order chi connectivity index (χ1) is 18.6. The van der Waals surface area contributed by atoms with Gasteiger partial charge in [-0.2, -0.15) is 0 Å². The second kappa shape index (κ2) is 10.8. The van der Waals surface area contributed by atoms with E-state index in [-0.39, 0.29) is 0 Å². The Kier molecular flexibility index (Phi) is 6.95. The Bertz CT molecular complexity index is 1640. The molecule has 2 heterocycles. The van der Waals surface area contributed by atoms with Gasteiger partial charge in [-0.05, 0) is 60.7 Å². The van der Waals surface area contributed by atoms with E-state index < -0.39 is 0 Å². The van der Waals surface area contributed by atoms with Crippen molar-refractivity contribution >= 4 is 31.9 Å². The van der Waals surface area contributed by atoms with Gasteiger partial charge in [0.25, 0.3) is 0 Å². The molecule has 0 fully saturated rings. The maximum Gasteiger partial charge on any atom is 0.160 e. The predicted molar refractivity (Wildman–Crippen MR) is 162 cm³/mol. The second-order valence-electron chi connectivity index (χ2n) is 8.85. The molecule has 0 saturated heterocycles. The van der Waals surface area contributed by atoms with E-state index in [9.17, 15) is 0 Å². The van der Waals surface area contributed by atoms with Gasteiger partial charge in [-0.25, -0.2) is 15.0 Å². The van der Waals surface area contributed by atoms with Crippen molar-refractivity contribution in [3.63, 3.8) is 0 Å². The summed E-state index contributed by atoms with van der Waals surface area (Å²) in [7, 11) is 0. The van der Waals surface area contributed by atoms with Crippen LogP contribution in [0, 0.1) is 0 Å². The van der Waals surface area contributed by atoms with Crippen LogP contribution >= 0.6 is 31.9 Å². The smallest absolute Gasteiger partial charge is 0.160 e. The summed E-state index contributed by atoms with van der Waals surface area (Å²) < 4.78 is 1.73. The zero-order chi connectivity index (χ0) is 25.9. The molecule has 0 unspecified atom stereocenters. The predicted octanol–water partition coefficient (Wildman–Crippen LogP) is 9.73. The molecular weight excluding hydrogens is 598 g/mol. The van der Waals surface area contributed by atoms with Crippen molar-refractivity contribution in [3.05, 3.63) is 137 Å². The number of nitrogens with zero attached hydrogens (tertiary/aromatic N) is 3. The Morgan fingerprint density at radius 3 is 1.39 bits per heavy atom. The summed E-state index contributed by atoms with van der Waals surface area (Å²) in [6.45, 7) is 0. The minimum atomic E-state index is 0.718. The van der Waals surface area contributed by atoms with Crippen LogP contribution in [0.5, 0.6) is 0 Å². The quantitative estimate of drug-likeness (QED) is 0.181. The fourth-order valence-electron chi connectivity index (χ4n) is 4.34. The summed E-state index contributed by atoms with van der Waals surface area (Å²) in [5.41, 5.74) is 9.40. The highest BCUT2D eigenvalue weighted by Crippen LogP contribution is 2.31. The molecule has 0 aliphatic heterocycles. The summed E-state index contributed by atoms with van der Waals surface area (Å²) in [5.74, 6) is 0.718. The Hall–Kier alpha value is -3.93. The van der Waals surface area contributed by atoms with Gasteiger partial charge in [-0.3, -0.25) is 0 Å². The summed E-state index contributed by atoms with van der Waals surface area (Å²) in [6, 6.07) is 41.6. The molecule has 0 bridgehead atoms. The first-order valence-corrected chi connectivity index (χ1v) is 13.7. The minimum Gasteiger partial charge on any atom is -0.248 e. The third-order valence-electron chi connectivity index (χ3n) is 6.36. The van der Waals surface area contributed by atoms with Gasteiger partial charge in [0.1, 0.15) is 4.60 Å². The summed E-state index contributed by atoms with van der Waals surface area (Å²) in [5, 5.41) is 0. The highest BCUT2D eigenvalue weighted by molar-refractivity contribution is 9.13. The number of rotatable bonds is 5. The Morgan fingerprint density at radius 1 is 0.421 bits per heavy atom. The molecule has 0 spiro atoms. The second-order valence-corrected chi connectivity index (χ2v) is 10.5. The van der Waals surface area contributed by atoms with Crippen molar-refractivity contribution in [2.75, 3.05) is 0 Å². The Labute approximate surface area is 238 Å². The average molecular weight is 619 g/mol. The first-order valence-electron chi connectivity index (χ1n) is 12.2. The van der Waals surface area contributed by atoms with Gasteiger partial charge in [0.05, 0.1) is 15.9 Å². The topological polar surface area (TPSA) is 38.7 Å². The van der Waals surface area contributed by atoms with E-state index in [0.717, 1.165) is 65.2 Å². The van der Waals surface area contributed by atoms with Crippen LogP contribution in [-0.2, 0) is 0 Å². The largest absolute Gasteiger partial charge is 0.248 e. The Balaban J connectivity index is 1.33. The third-order valence-corrected chi connectivity index (χ3v) is 8.12. The van der Waals surface area contributed by atoms with E-state index in [1.54, 1.807) is 0 Å². The van der Waals surface area contributed by atoms with Gasteiger partial charge in [0.2, 0.25) is 0 Å². The molecule has 0 aliphatic carbocycles. The lowest BCUT2D eigenvalue weighted by Crippen LogP contribution is -1.95. The van der Waals surface area contributed by atoms with Crippen molar-refractivity contribution in [1.29, 1.82) is 0 Å². The van der Waals surface area contributed by atoms with Gasteiger partial charge in [-0.1, -0.05) is 109 Å². The maximum atomic E-state index is 4.94. The number of halogens is 2. The zero-order valence-electron chi connectivity index (χ0n) is 20.2. The molecule has 182 valence electrons. The molecule has 5 heteroatoms. The van der Waals surface area contributed by atoms with E-state index in [2.05, 4.69) is 110 Å². The number of hydrogen-bond acceptors (Lipinski definition) is 3. The summed E-state index contributed by atoms with van der Waals surface area (Å²) in [6.07, 6.45) is 1.87. The molecule has 0 saturated carbocycles. The summed E-state index contributed by atoms with van der Waals surface area (Å²) in [4.78, 5) is 14.2. The van der Waals surface area contributed by atoms with Crippen LogP contribution in [0.1, 0.15) is 0 Å². The molecule has 38 heavy (non-hydrogen) atoms. The molecule has 0 radical (unpaired) electrons. The molecule has 2 aromatic heterocycles. The van der Waals surface area contributed by atoms with E-state index in [4.69, 9.17) is 9.97 Å². The van der Waals surface area contributed by atoms with Crippen LogP contribution in [0.25, 0.3) is 56.2 Å². The fourth-order valence-corrected chi connectivity index (χ4v) is 4.90. The normalized spacial score (nSPS) is 10.9. The zero-order valence-corrected chi connectivity index (χ0v) is 23.4. The molecule has 6 aromatic rings. The lowest BCUT2D eigenvalue weighted by molar-refractivity contribution is 1.18.